The molecule has 0 spiro atoms. The van der Waals surface area contributed by atoms with E-state index in [0.717, 1.165) is 29.2 Å². The molecule has 1 amide bonds. The fourth-order valence-electron chi connectivity index (χ4n) is 3.05. The molecule has 1 heterocycles. The van der Waals surface area contributed by atoms with Crippen molar-refractivity contribution in [2.24, 2.45) is 7.05 Å². The maximum atomic E-state index is 13.9. The summed E-state index contributed by atoms with van der Waals surface area (Å²) in [5.74, 6) is -2.17. The smallest absolute Gasteiger partial charge is 0.331 e. The number of alkyl halides is 1. The van der Waals surface area contributed by atoms with Crippen LogP contribution in [0.3, 0.4) is 0 Å². The first-order valence-electron chi connectivity index (χ1n) is 8.44. The van der Waals surface area contributed by atoms with E-state index in [1.54, 1.807) is 0 Å². The number of rotatable bonds is 4. The van der Waals surface area contributed by atoms with Crippen molar-refractivity contribution in [3.05, 3.63) is 74.8 Å². The third-order valence-electron chi connectivity index (χ3n) is 4.50. The summed E-state index contributed by atoms with van der Waals surface area (Å²) in [6.45, 7) is 0.858. The quantitative estimate of drug-likeness (QED) is 0.861. The maximum Gasteiger partial charge on any atom is 0.331 e. The number of nitrogens with one attached hydrogen (secondary N) is 1. The third kappa shape index (κ3) is 3.64. The Morgan fingerprint density at radius 1 is 1.29 bits per heavy atom. The second kappa shape index (κ2) is 7.49. The number of aromatic nitrogens is 2. The van der Waals surface area contributed by atoms with Gasteiger partial charge in [-0.25, -0.2) is 18.0 Å². The van der Waals surface area contributed by atoms with Crippen molar-refractivity contribution >= 4 is 16.8 Å². The molecule has 0 fully saturated rings. The normalized spacial score (nSPS) is 17.8. The van der Waals surface area contributed by atoms with Gasteiger partial charge in [0.2, 0.25) is 5.91 Å². The van der Waals surface area contributed by atoms with Gasteiger partial charge in [0.05, 0.1) is 16.9 Å². The summed E-state index contributed by atoms with van der Waals surface area (Å²) in [7, 11) is 1.40. The van der Waals surface area contributed by atoms with E-state index in [0.29, 0.717) is 4.57 Å². The SMILES string of the molecule is C[C@H](NC(=O)Cn1c(=O)c2cc(F)ccc2n(C)c1=O)C1=C[CH]C(F)C=C1F. The number of benzene rings is 1. The van der Waals surface area contributed by atoms with Gasteiger partial charge in [-0.2, -0.15) is 0 Å². The summed E-state index contributed by atoms with van der Waals surface area (Å²) in [6, 6.07) is 2.60. The van der Waals surface area contributed by atoms with Crippen molar-refractivity contribution in [1.29, 1.82) is 0 Å². The van der Waals surface area contributed by atoms with Gasteiger partial charge in [0.25, 0.3) is 5.56 Å². The Hall–Kier alpha value is -3.10. The molecule has 0 saturated carbocycles. The minimum Gasteiger partial charge on any atom is -0.348 e. The van der Waals surface area contributed by atoms with Gasteiger partial charge < -0.3 is 5.32 Å². The molecule has 1 aliphatic rings. The molecule has 1 unspecified atom stereocenters. The molecule has 3 rings (SSSR count). The van der Waals surface area contributed by atoms with Crippen LogP contribution in [0, 0.1) is 12.2 Å². The van der Waals surface area contributed by atoms with Gasteiger partial charge >= 0.3 is 5.69 Å². The second-order valence-corrected chi connectivity index (χ2v) is 6.46. The van der Waals surface area contributed by atoms with Crippen LogP contribution in [0.25, 0.3) is 10.9 Å². The summed E-state index contributed by atoms with van der Waals surface area (Å²) in [5, 5.41) is 2.42. The Labute approximate surface area is 157 Å². The zero-order valence-corrected chi connectivity index (χ0v) is 15.1. The number of amides is 1. The van der Waals surface area contributed by atoms with Gasteiger partial charge in [0, 0.05) is 19.0 Å². The number of halogens is 3. The second-order valence-electron chi connectivity index (χ2n) is 6.46. The molecule has 147 valence electrons. The van der Waals surface area contributed by atoms with Crippen molar-refractivity contribution in [3.63, 3.8) is 0 Å². The van der Waals surface area contributed by atoms with Crippen LogP contribution in [0.2, 0.25) is 0 Å². The lowest BCUT2D eigenvalue weighted by Crippen LogP contribution is -2.45. The van der Waals surface area contributed by atoms with E-state index in [2.05, 4.69) is 5.32 Å². The van der Waals surface area contributed by atoms with E-state index < -0.39 is 47.6 Å². The van der Waals surface area contributed by atoms with E-state index in [9.17, 15) is 27.6 Å². The fraction of sp³-hybridized carbons (Fsp3) is 0.263. The molecular formula is C19H17F3N3O3. The average molecular weight is 392 g/mol. The Morgan fingerprint density at radius 3 is 2.68 bits per heavy atom. The Kier molecular flexibility index (Phi) is 5.26. The highest BCUT2D eigenvalue weighted by molar-refractivity contribution is 5.79. The lowest BCUT2D eigenvalue weighted by Gasteiger charge is -2.20. The van der Waals surface area contributed by atoms with Gasteiger partial charge in [-0.05, 0) is 31.2 Å². The highest BCUT2D eigenvalue weighted by Crippen LogP contribution is 2.23. The number of nitrogens with zero attached hydrogens (tertiary/aromatic N) is 2. The molecule has 0 aliphatic heterocycles. The van der Waals surface area contributed by atoms with E-state index >= 15 is 0 Å². The van der Waals surface area contributed by atoms with Gasteiger partial charge in [-0.15, -0.1) is 0 Å². The molecule has 6 nitrogen and oxygen atoms in total. The van der Waals surface area contributed by atoms with Crippen LogP contribution in [-0.2, 0) is 18.4 Å². The molecular weight excluding hydrogens is 375 g/mol. The summed E-state index contributed by atoms with van der Waals surface area (Å²) in [5.41, 5.74) is -1.25. The molecule has 0 bridgehead atoms. The average Bonchev–Trinajstić information content (AvgIpc) is 2.63. The van der Waals surface area contributed by atoms with Gasteiger partial charge in [0.15, 0.2) is 0 Å². The zero-order valence-electron chi connectivity index (χ0n) is 15.1. The number of carbonyl (C=O) groups excluding carboxylic acids is 1. The molecule has 1 aliphatic carbocycles. The van der Waals surface area contributed by atoms with Crippen LogP contribution < -0.4 is 16.6 Å². The van der Waals surface area contributed by atoms with E-state index in [-0.39, 0.29) is 16.5 Å². The number of fused-ring (bicyclic) bond motifs is 1. The summed E-state index contributed by atoms with van der Waals surface area (Å²) < 4.78 is 42.3. The molecule has 1 N–H and O–H groups in total. The molecule has 9 heteroatoms. The topological polar surface area (TPSA) is 73.1 Å². The highest BCUT2D eigenvalue weighted by atomic mass is 19.1. The van der Waals surface area contributed by atoms with Gasteiger partial charge in [-0.1, -0.05) is 6.08 Å². The molecule has 1 aromatic carbocycles. The zero-order chi connectivity index (χ0) is 20.6. The molecule has 1 radical (unpaired) electrons. The predicted octanol–water partition coefficient (Wildman–Crippen LogP) is 1.68. The highest BCUT2D eigenvalue weighted by Gasteiger charge is 2.22. The first-order valence-corrected chi connectivity index (χ1v) is 8.44. The molecule has 2 aromatic rings. The van der Waals surface area contributed by atoms with Crippen LogP contribution in [0.4, 0.5) is 13.2 Å². The molecule has 0 saturated heterocycles. The number of hydrogen-bond acceptors (Lipinski definition) is 3. The molecule has 2 atom stereocenters. The number of aryl methyl sites for hydroxylation is 1. The van der Waals surface area contributed by atoms with E-state index in [4.69, 9.17) is 0 Å². The van der Waals surface area contributed by atoms with Crippen molar-refractivity contribution in [2.45, 2.75) is 25.7 Å². The van der Waals surface area contributed by atoms with Crippen LogP contribution in [-0.4, -0.2) is 27.3 Å². The summed E-state index contributed by atoms with van der Waals surface area (Å²) in [6.07, 6.45) is 1.61. The van der Waals surface area contributed by atoms with Crippen LogP contribution in [0.15, 0.2) is 51.3 Å². The number of carbonyl (C=O) groups is 1. The lowest BCUT2D eigenvalue weighted by atomic mass is 9.99. The minimum atomic E-state index is -1.54. The third-order valence-corrected chi connectivity index (χ3v) is 4.50. The largest absolute Gasteiger partial charge is 0.348 e. The summed E-state index contributed by atoms with van der Waals surface area (Å²) >= 11 is 0. The van der Waals surface area contributed by atoms with Crippen LogP contribution >= 0.6 is 0 Å². The molecule has 28 heavy (non-hydrogen) atoms. The first kappa shape index (κ1) is 19.7. The Balaban J connectivity index is 1.87. The Morgan fingerprint density at radius 2 is 2.00 bits per heavy atom. The van der Waals surface area contributed by atoms with Crippen molar-refractivity contribution in [3.8, 4) is 0 Å². The number of hydrogen-bond donors (Lipinski definition) is 1. The number of allylic oxidation sites excluding steroid dienone is 2. The lowest BCUT2D eigenvalue weighted by molar-refractivity contribution is -0.122. The predicted molar refractivity (Wildman–Crippen MR) is 97.5 cm³/mol. The maximum absolute atomic E-state index is 13.9. The van der Waals surface area contributed by atoms with E-state index in [1.807, 2.05) is 0 Å². The molecule has 1 aromatic heterocycles. The summed E-state index contributed by atoms with van der Waals surface area (Å²) in [4.78, 5) is 37.3. The Bertz CT molecular complexity index is 1130. The van der Waals surface area contributed by atoms with Crippen molar-refractivity contribution < 1.29 is 18.0 Å². The first-order chi connectivity index (χ1) is 13.2. The van der Waals surface area contributed by atoms with Crippen molar-refractivity contribution in [1.82, 2.24) is 14.5 Å². The van der Waals surface area contributed by atoms with E-state index in [1.165, 1.54) is 26.1 Å². The van der Waals surface area contributed by atoms with Gasteiger partial charge in [0.1, 0.15) is 24.4 Å². The minimum absolute atomic E-state index is 0.0458. The standard InChI is InChI=1S/C19H17F3N3O3/c1-10(13-5-3-12(21)8-15(13)22)23-17(26)9-25-18(27)14-7-11(20)4-6-16(14)24(2)19(25)28/h3-8,10,12H,9H2,1-2H3,(H,23,26)/t10-,12?/m0/s1. The van der Waals surface area contributed by atoms with Crippen LogP contribution in [0.1, 0.15) is 6.92 Å². The monoisotopic (exact) mass is 392 g/mol. The van der Waals surface area contributed by atoms with Crippen LogP contribution in [0.5, 0.6) is 0 Å². The fourth-order valence-corrected chi connectivity index (χ4v) is 3.05. The van der Waals surface area contributed by atoms with Crippen molar-refractivity contribution in [2.75, 3.05) is 0 Å². The van der Waals surface area contributed by atoms with Gasteiger partial charge in [-0.3, -0.25) is 18.7 Å².